The van der Waals surface area contributed by atoms with Gasteiger partial charge in [0.25, 0.3) is 5.82 Å². The average Bonchev–Trinajstić information content (AvgIpc) is 3.30. The molecule has 1 aromatic carbocycles. The number of para-hydroxylation sites is 1. The topological polar surface area (TPSA) is 34.6 Å². The number of fused-ring (bicyclic) bond motifs is 7. The fourth-order valence-electron chi connectivity index (χ4n) is 3.79. The summed E-state index contributed by atoms with van der Waals surface area (Å²) in [6.07, 6.45) is 5.74. The van der Waals surface area contributed by atoms with Crippen LogP contribution in [0, 0.1) is 0 Å². The van der Waals surface area contributed by atoms with E-state index in [1.54, 1.807) is 0 Å². The van der Waals surface area contributed by atoms with E-state index < -0.39 is 0 Å². The fraction of sp³-hybridized carbons (Fsp3) is 0.0500. The Kier molecular flexibility index (Phi) is 2.51. The van der Waals surface area contributed by atoms with Crippen molar-refractivity contribution in [3.63, 3.8) is 0 Å². The Labute approximate surface area is 147 Å². The highest BCUT2D eigenvalue weighted by molar-refractivity contribution is 7.25. The van der Waals surface area contributed by atoms with Gasteiger partial charge in [0.15, 0.2) is 0 Å². The van der Waals surface area contributed by atoms with Crippen molar-refractivity contribution in [2.75, 3.05) is 0 Å². The number of hydrogen-bond donors (Lipinski definition) is 0. The van der Waals surface area contributed by atoms with Crippen LogP contribution in [0.25, 0.3) is 37.6 Å². The lowest BCUT2D eigenvalue weighted by Crippen LogP contribution is -2.30. The maximum atomic E-state index is 4.69. The first-order chi connectivity index (χ1) is 12.4. The van der Waals surface area contributed by atoms with Crippen molar-refractivity contribution in [1.29, 1.82) is 0 Å². The first-order valence-electron chi connectivity index (χ1n) is 8.22. The fourth-order valence-corrected chi connectivity index (χ4v) is 4.94. The smallest absolute Gasteiger partial charge is 0.264 e. The molecule has 0 fully saturated rings. The van der Waals surface area contributed by atoms with Crippen LogP contribution in [-0.2, 0) is 6.54 Å². The SMILES string of the molecule is c1ccc(-n2c3[n+](c4sc5cccnc5c42)Cc2cnccc2-3)cc1. The Morgan fingerprint density at radius 3 is 2.84 bits per heavy atom. The lowest BCUT2D eigenvalue weighted by Gasteiger charge is -2.01. The van der Waals surface area contributed by atoms with Gasteiger partial charge in [-0.1, -0.05) is 29.5 Å². The number of aromatic nitrogens is 4. The molecule has 0 aliphatic carbocycles. The summed E-state index contributed by atoms with van der Waals surface area (Å²) in [6, 6.07) is 16.8. The van der Waals surface area contributed by atoms with E-state index in [2.05, 4.69) is 61.6 Å². The molecule has 4 aromatic heterocycles. The second kappa shape index (κ2) is 4.74. The third kappa shape index (κ3) is 1.68. The van der Waals surface area contributed by atoms with Crippen molar-refractivity contribution in [3.8, 4) is 17.1 Å². The molecule has 1 aliphatic heterocycles. The highest BCUT2D eigenvalue weighted by Gasteiger charge is 2.37. The van der Waals surface area contributed by atoms with Gasteiger partial charge < -0.3 is 0 Å². The van der Waals surface area contributed by atoms with Gasteiger partial charge in [-0.25, -0.2) is 4.57 Å². The molecule has 5 heterocycles. The average molecular weight is 341 g/mol. The van der Waals surface area contributed by atoms with Crippen LogP contribution < -0.4 is 4.57 Å². The lowest BCUT2D eigenvalue weighted by atomic mass is 10.1. The van der Waals surface area contributed by atoms with Gasteiger partial charge in [-0.15, -0.1) is 0 Å². The van der Waals surface area contributed by atoms with Gasteiger partial charge in [0.1, 0.15) is 17.7 Å². The summed E-state index contributed by atoms with van der Waals surface area (Å²) >= 11 is 1.81. The van der Waals surface area contributed by atoms with E-state index in [0.29, 0.717) is 0 Å². The van der Waals surface area contributed by atoms with Gasteiger partial charge in [-0.2, -0.15) is 4.57 Å². The van der Waals surface area contributed by atoms with Gasteiger partial charge in [0, 0.05) is 24.2 Å². The molecule has 0 atom stereocenters. The Balaban J connectivity index is 1.84. The largest absolute Gasteiger partial charge is 0.296 e. The summed E-state index contributed by atoms with van der Waals surface area (Å²) in [6.45, 7) is 0.863. The zero-order valence-electron chi connectivity index (χ0n) is 13.3. The molecule has 0 radical (unpaired) electrons. The van der Waals surface area contributed by atoms with Gasteiger partial charge in [-0.3, -0.25) is 9.97 Å². The third-order valence-electron chi connectivity index (χ3n) is 4.83. The quantitative estimate of drug-likeness (QED) is 0.424. The molecule has 0 bridgehead atoms. The van der Waals surface area contributed by atoms with E-state index in [4.69, 9.17) is 0 Å². The summed E-state index contributed by atoms with van der Waals surface area (Å²) in [5, 5.41) is 0. The van der Waals surface area contributed by atoms with E-state index >= 15 is 0 Å². The zero-order valence-corrected chi connectivity index (χ0v) is 14.1. The molecule has 0 unspecified atom stereocenters. The first-order valence-corrected chi connectivity index (χ1v) is 9.04. The summed E-state index contributed by atoms with van der Waals surface area (Å²) in [4.78, 5) is 10.3. The molecule has 0 N–H and O–H groups in total. The number of benzene rings is 1. The number of hydrogen-bond acceptors (Lipinski definition) is 3. The Morgan fingerprint density at radius 2 is 1.92 bits per heavy atom. The number of nitrogens with zero attached hydrogens (tertiary/aromatic N) is 4. The summed E-state index contributed by atoms with van der Waals surface area (Å²) in [7, 11) is 0. The minimum Gasteiger partial charge on any atom is -0.264 e. The molecule has 1 aliphatic rings. The molecule has 0 spiro atoms. The molecule has 5 heteroatoms. The Hall–Kier alpha value is -3.05. The molecule has 4 nitrogen and oxygen atoms in total. The molecule has 118 valence electrons. The van der Waals surface area contributed by atoms with Crippen LogP contribution in [0.1, 0.15) is 5.56 Å². The zero-order chi connectivity index (χ0) is 16.4. The summed E-state index contributed by atoms with van der Waals surface area (Å²) < 4.78 is 5.98. The predicted molar refractivity (Wildman–Crippen MR) is 99.0 cm³/mol. The van der Waals surface area contributed by atoms with Gasteiger partial charge >= 0.3 is 0 Å². The number of pyridine rings is 2. The van der Waals surface area contributed by atoms with Crippen LogP contribution in [0.3, 0.4) is 0 Å². The van der Waals surface area contributed by atoms with Crippen molar-refractivity contribution < 1.29 is 4.57 Å². The van der Waals surface area contributed by atoms with Crippen LogP contribution in [0.4, 0.5) is 0 Å². The Morgan fingerprint density at radius 1 is 1.00 bits per heavy atom. The molecule has 25 heavy (non-hydrogen) atoms. The minimum absolute atomic E-state index is 0.863. The highest BCUT2D eigenvalue weighted by Crippen LogP contribution is 2.39. The van der Waals surface area contributed by atoms with Gasteiger partial charge in [0.05, 0.1) is 10.3 Å². The number of imidazole rings is 1. The number of thiophene rings is 1. The molecular weight excluding hydrogens is 328 g/mol. The summed E-state index contributed by atoms with van der Waals surface area (Å²) in [5.41, 5.74) is 5.96. The maximum Gasteiger partial charge on any atom is 0.296 e. The van der Waals surface area contributed by atoms with Gasteiger partial charge in [0.2, 0.25) is 10.3 Å². The molecule has 0 saturated heterocycles. The van der Waals surface area contributed by atoms with E-state index in [1.165, 1.54) is 32.0 Å². The van der Waals surface area contributed by atoms with Crippen LogP contribution in [0.5, 0.6) is 0 Å². The second-order valence-electron chi connectivity index (χ2n) is 6.22. The predicted octanol–water partition coefficient (Wildman–Crippen LogP) is 3.95. The van der Waals surface area contributed by atoms with Crippen molar-refractivity contribution >= 4 is 31.9 Å². The Bertz CT molecular complexity index is 1270. The van der Waals surface area contributed by atoms with E-state index in [1.807, 2.05) is 36.0 Å². The second-order valence-corrected chi connectivity index (χ2v) is 7.25. The molecule has 5 aromatic rings. The normalized spacial score (nSPS) is 12.6. The van der Waals surface area contributed by atoms with Crippen molar-refractivity contribution in [3.05, 3.63) is 72.7 Å². The van der Waals surface area contributed by atoms with Crippen LogP contribution in [0.2, 0.25) is 0 Å². The third-order valence-corrected chi connectivity index (χ3v) is 5.98. The number of rotatable bonds is 1. The van der Waals surface area contributed by atoms with Crippen molar-refractivity contribution in [2.45, 2.75) is 6.54 Å². The minimum atomic E-state index is 0.863. The molecule has 0 amide bonds. The maximum absolute atomic E-state index is 4.69. The standard InChI is InChI=1S/C20H13N4S/c1-2-5-14(6-3-1)24-18-17-16(7-4-9-22-17)25-20(18)23-12-13-11-21-10-8-15(13)19(23)24/h1-11H,12H2/q+1. The summed E-state index contributed by atoms with van der Waals surface area (Å²) in [5.74, 6) is 1.22. The van der Waals surface area contributed by atoms with Crippen LogP contribution in [-0.4, -0.2) is 14.5 Å². The van der Waals surface area contributed by atoms with Crippen LogP contribution in [0.15, 0.2) is 67.1 Å². The van der Waals surface area contributed by atoms with Crippen molar-refractivity contribution in [2.24, 2.45) is 0 Å². The lowest BCUT2D eigenvalue weighted by molar-refractivity contribution is -0.643. The monoisotopic (exact) mass is 341 g/mol. The first kappa shape index (κ1) is 13.3. The molecule has 0 saturated carbocycles. The molecular formula is C20H13N4S+. The van der Waals surface area contributed by atoms with Crippen LogP contribution >= 0.6 is 11.3 Å². The highest BCUT2D eigenvalue weighted by atomic mass is 32.1. The van der Waals surface area contributed by atoms with Gasteiger partial charge in [-0.05, 0) is 30.3 Å². The molecule has 6 rings (SSSR count). The van der Waals surface area contributed by atoms with E-state index in [9.17, 15) is 0 Å². The van der Waals surface area contributed by atoms with E-state index in [0.717, 1.165) is 17.7 Å². The van der Waals surface area contributed by atoms with E-state index in [-0.39, 0.29) is 0 Å². The van der Waals surface area contributed by atoms with Crippen molar-refractivity contribution in [1.82, 2.24) is 14.5 Å².